The van der Waals surface area contributed by atoms with Crippen LogP contribution < -0.4 is 10.6 Å². The highest BCUT2D eigenvalue weighted by molar-refractivity contribution is 6.01. The van der Waals surface area contributed by atoms with Crippen LogP contribution in [0.5, 0.6) is 0 Å². The molecule has 0 aliphatic heterocycles. The van der Waals surface area contributed by atoms with Crippen LogP contribution in [0.2, 0.25) is 0 Å². The van der Waals surface area contributed by atoms with Crippen molar-refractivity contribution in [1.29, 1.82) is 0 Å². The van der Waals surface area contributed by atoms with E-state index in [1.165, 1.54) is 6.07 Å². The van der Waals surface area contributed by atoms with Crippen molar-refractivity contribution in [3.63, 3.8) is 0 Å². The normalized spacial score (nSPS) is 11.7. The molecule has 2 rings (SSSR count). The second kappa shape index (κ2) is 10.2. The Morgan fingerprint density at radius 3 is 2.23 bits per heavy atom. The fourth-order valence-electron chi connectivity index (χ4n) is 3.34. The highest BCUT2D eigenvalue weighted by atomic mass is 19.1. The zero-order valence-corrected chi connectivity index (χ0v) is 19.0. The van der Waals surface area contributed by atoms with E-state index in [-0.39, 0.29) is 29.9 Å². The summed E-state index contributed by atoms with van der Waals surface area (Å²) in [5.41, 5.74) is 4.54. The number of hydrogen-bond donors (Lipinski definition) is 3. The molecule has 166 valence electrons. The average Bonchev–Trinajstić information content (AvgIpc) is 2.63. The van der Waals surface area contributed by atoms with Gasteiger partial charge in [0.1, 0.15) is 5.82 Å². The smallest absolute Gasteiger partial charge is 0.308 e. The minimum atomic E-state index is -1.08. The molecule has 6 heteroatoms. The predicted octanol–water partition coefficient (Wildman–Crippen LogP) is 5.31. The van der Waals surface area contributed by atoms with E-state index in [0.717, 1.165) is 27.9 Å². The van der Waals surface area contributed by atoms with Crippen LogP contribution in [0.15, 0.2) is 35.9 Å². The van der Waals surface area contributed by atoms with E-state index < -0.39 is 11.9 Å². The maximum atomic E-state index is 14.8. The SMILES string of the molecule is Cc1cc(-c2ccc(NC(C)C)cc2F)c(C)cc1/C=C(\CC(=O)O)C(=O)NC(C)C. The molecule has 0 aliphatic carbocycles. The molecule has 0 heterocycles. The molecular formula is C25H31FN2O3. The van der Waals surface area contributed by atoms with Gasteiger partial charge in [0.2, 0.25) is 5.91 Å². The second-order valence-electron chi connectivity index (χ2n) is 8.39. The molecule has 1 amide bonds. The molecular weight excluding hydrogens is 395 g/mol. The van der Waals surface area contributed by atoms with Crippen LogP contribution in [0.4, 0.5) is 10.1 Å². The zero-order valence-electron chi connectivity index (χ0n) is 19.0. The van der Waals surface area contributed by atoms with E-state index in [9.17, 15) is 19.1 Å². The van der Waals surface area contributed by atoms with Gasteiger partial charge in [-0.05, 0) is 88.1 Å². The van der Waals surface area contributed by atoms with E-state index in [2.05, 4.69) is 10.6 Å². The number of rotatable bonds is 8. The number of aryl methyl sites for hydroxylation is 2. The zero-order chi connectivity index (χ0) is 23.3. The summed E-state index contributed by atoms with van der Waals surface area (Å²) in [6, 6.07) is 8.91. The van der Waals surface area contributed by atoms with Gasteiger partial charge in [0.05, 0.1) is 6.42 Å². The Balaban J connectivity index is 2.46. The third kappa shape index (κ3) is 6.67. The Morgan fingerprint density at radius 2 is 1.68 bits per heavy atom. The van der Waals surface area contributed by atoms with Gasteiger partial charge in [-0.2, -0.15) is 0 Å². The second-order valence-corrected chi connectivity index (χ2v) is 8.39. The van der Waals surface area contributed by atoms with Gasteiger partial charge in [-0.15, -0.1) is 0 Å². The molecule has 0 saturated heterocycles. The Labute approximate surface area is 183 Å². The number of amides is 1. The maximum Gasteiger partial charge on any atom is 0.308 e. The molecule has 0 atom stereocenters. The van der Waals surface area contributed by atoms with Gasteiger partial charge in [0, 0.05) is 28.9 Å². The van der Waals surface area contributed by atoms with Gasteiger partial charge in [-0.25, -0.2) is 4.39 Å². The standard InChI is InChI=1S/C25H31FN2O3/c1-14(2)27-20-7-8-21(23(26)13-20)22-10-16(5)18(9-17(22)6)11-19(12-24(29)30)25(31)28-15(3)4/h7-11,13-15,27H,12H2,1-6H3,(H,28,31)(H,29,30)/b19-11+. The van der Waals surface area contributed by atoms with Crippen LogP contribution >= 0.6 is 0 Å². The number of nitrogens with one attached hydrogen (secondary N) is 2. The van der Waals surface area contributed by atoms with E-state index >= 15 is 0 Å². The lowest BCUT2D eigenvalue weighted by Crippen LogP contribution is -2.32. The minimum Gasteiger partial charge on any atom is -0.481 e. The van der Waals surface area contributed by atoms with Crippen molar-refractivity contribution in [3.05, 3.63) is 58.4 Å². The van der Waals surface area contributed by atoms with Crippen molar-refractivity contribution >= 4 is 23.6 Å². The van der Waals surface area contributed by atoms with Gasteiger partial charge in [0.25, 0.3) is 0 Å². The first-order valence-corrected chi connectivity index (χ1v) is 10.4. The Morgan fingerprint density at radius 1 is 1.00 bits per heavy atom. The predicted molar refractivity (Wildman–Crippen MR) is 124 cm³/mol. The van der Waals surface area contributed by atoms with Gasteiger partial charge in [0.15, 0.2) is 0 Å². The lowest BCUT2D eigenvalue weighted by molar-refractivity contribution is -0.137. The summed E-state index contributed by atoms with van der Waals surface area (Å²) in [4.78, 5) is 23.7. The van der Waals surface area contributed by atoms with Gasteiger partial charge >= 0.3 is 5.97 Å². The third-order valence-electron chi connectivity index (χ3n) is 4.71. The van der Waals surface area contributed by atoms with Crippen LogP contribution in [0.3, 0.4) is 0 Å². The van der Waals surface area contributed by atoms with Crippen molar-refractivity contribution < 1.29 is 19.1 Å². The topological polar surface area (TPSA) is 78.4 Å². The number of halogens is 1. The maximum absolute atomic E-state index is 14.8. The first-order valence-electron chi connectivity index (χ1n) is 10.4. The van der Waals surface area contributed by atoms with E-state index in [1.807, 2.05) is 59.7 Å². The monoisotopic (exact) mass is 426 g/mol. The van der Waals surface area contributed by atoms with Crippen LogP contribution in [0.25, 0.3) is 17.2 Å². The lowest BCUT2D eigenvalue weighted by atomic mass is 9.93. The van der Waals surface area contributed by atoms with Crippen molar-refractivity contribution in [3.8, 4) is 11.1 Å². The summed E-state index contributed by atoms with van der Waals surface area (Å²) >= 11 is 0. The van der Waals surface area contributed by atoms with Crippen molar-refractivity contribution in [2.45, 2.75) is 60.0 Å². The number of carboxylic acid groups (broad SMARTS) is 1. The molecule has 0 unspecified atom stereocenters. The lowest BCUT2D eigenvalue weighted by Gasteiger charge is -2.15. The van der Waals surface area contributed by atoms with E-state index in [1.54, 1.807) is 12.1 Å². The molecule has 0 bridgehead atoms. The summed E-state index contributed by atoms with van der Waals surface area (Å²) in [5, 5.41) is 15.1. The van der Waals surface area contributed by atoms with Crippen molar-refractivity contribution in [2.75, 3.05) is 5.32 Å². The fraction of sp³-hybridized carbons (Fsp3) is 0.360. The number of carbonyl (C=O) groups is 2. The summed E-state index contributed by atoms with van der Waals surface area (Å²) < 4.78 is 14.8. The first kappa shape index (κ1) is 24.1. The molecule has 0 radical (unpaired) electrons. The molecule has 0 saturated carbocycles. The molecule has 2 aromatic carbocycles. The molecule has 0 aliphatic rings. The summed E-state index contributed by atoms with van der Waals surface area (Å²) in [7, 11) is 0. The summed E-state index contributed by atoms with van der Waals surface area (Å²) in [6.45, 7) is 11.3. The third-order valence-corrected chi connectivity index (χ3v) is 4.71. The van der Waals surface area contributed by atoms with Crippen molar-refractivity contribution in [1.82, 2.24) is 5.32 Å². The fourth-order valence-corrected chi connectivity index (χ4v) is 3.34. The number of benzene rings is 2. The van der Waals surface area contributed by atoms with Gasteiger partial charge < -0.3 is 15.7 Å². The highest BCUT2D eigenvalue weighted by Crippen LogP contribution is 2.31. The quantitative estimate of drug-likeness (QED) is 0.500. The van der Waals surface area contributed by atoms with E-state index in [0.29, 0.717) is 5.56 Å². The average molecular weight is 427 g/mol. The molecule has 0 aromatic heterocycles. The molecule has 2 aromatic rings. The number of aliphatic carboxylic acids is 1. The Bertz CT molecular complexity index is 1010. The minimum absolute atomic E-state index is 0.106. The highest BCUT2D eigenvalue weighted by Gasteiger charge is 2.16. The van der Waals surface area contributed by atoms with Crippen molar-refractivity contribution in [2.24, 2.45) is 0 Å². The summed E-state index contributed by atoms with van der Waals surface area (Å²) in [6.07, 6.45) is 1.22. The number of anilines is 1. The number of hydrogen-bond acceptors (Lipinski definition) is 3. The number of carboxylic acids is 1. The Hall–Kier alpha value is -3.15. The van der Waals surface area contributed by atoms with Crippen LogP contribution in [-0.2, 0) is 9.59 Å². The molecule has 31 heavy (non-hydrogen) atoms. The van der Waals surface area contributed by atoms with Gasteiger partial charge in [-0.3, -0.25) is 9.59 Å². The first-order chi connectivity index (χ1) is 14.5. The number of carbonyl (C=O) groups excluding carboxylic acids is 1. The molecule has 3 N–H and O–H groups in total. The van der Waals surface area contributed by atoms with Gasteiger partial charge in [-0.1, -0.05) is 12.1 Å². The summed E-state index contributed by atoms with van der Waals surface area (Å²) in [5.74, 6) is -1.80. The van der Waals surface area contributed by atoms with Crippen LogP contribution in [0, 0.1) is 19.7 Å². The van der Waals surface area contributed by atoms with Crippen LogP contribution in [0.1, 0.15) is 50.8 Å². The van der Waals surface area contributed by atoms with Crippen LogP contribution in [-0.4, -0.2) is 29.1 Å². The Kier molecular flexibility index (Phi) is 7.97. The molecule has 5 nitrogen and oxygen atoms in total. The largest absolute Gasteiger partial charge is 0.481 e. The van der Waals surface area contributed by atoms with E-state index in [4.69, 9.17) is 0 Å². The molecule has 0 spiro atoms. The molecule has 0 fully saturated rings.